The van der Waals surface area contributed by atoms with E-state index in [0.29, 0.717) is 0 Å². The van der Waals surface area contributed by atoms with E-state index in [2.05, 4.69) is 0 Å². The average Bonchev–Trinajstić information content (AvgIpc) is 2.62. The van der Waals surface area contributed by atoms with Crippen molar-refractivity contribution in [3.8, 4) is 0 Å². The van der Waals surface area contributed by atoms with Crippen LogP contribution in [0, 0.1) is 0 Å². The van der Waals surface area contributed by atoms with Crippen LogP contribution in [0.2, 0.25) is 0 Å². The van der Waals surface area contributed by atoms with Gasteiger partial charge in [0.15, 0.2) is 9.84 Å². The standard InChI is InChI=1S/C13H14F4O3S/c1-21(19,20)10-3-2-6(8(14)5-11(16)17)7-4-9(15)13(18)12(7)10/h2-3,8-9,11,13,18H,4-5H2,1H3/t8-,9+,13+/m0/s1. The first-order chi connectivity index (χ1) is 9.62. The largest absolute Gasteiger partial charge is 0.385 e. The molecule has 0 aliphatic heterocycles. The lowest BCUT2D eigenvalue weighted by atomic mass is 9.98. The summed E-state index contributed by atoms with van der Waals surface area (Å²) in [5.74, 6) is 0. The van der Waals surface area contributed by atoms with Gasteiger partial charge >= 0.3 is 0 Å². The number of aliphatic hydroxyl groups is 1. The molecule has 0 unspecified atom stereocenters. The van der Waals surface area contributed by atoms with Crippen molar-refractivity contribution in [1.82, 2.24) is 0 Å². The van der Waals surface area contributed by atoms with E-state index in [0.717, 1.165) is 18.4 Å². The normalized spacial score (nSPS) is 23.4. The number of sulfone groups is 1. The van der Waals surface area contributed by atoms with Crippen LogP contribution in [0.15, 0.2) is 17.0 Å². The second-order valence-electron chi connectivity index (χ2n) is 5.08. The molecule has 21 heavy (non-hydrogen) atoms. The van der Waals surface area contributed by atoms with Crippen molar-refractivity contribution in [2.75, 3.05) is 6.26 Å². The maximum atomic E-state index is 13.9. The summed E-state index contributed by atoms with van der Waals surface area (Å²) >= 11 is 0. The third-order valence-corrected chi connectivity index (χ3v) is 4.67. The second-order valence-corrected chi connectivity index (χ2v) is 7.06. The van der Waals surface area contributed by atoms with Crippen LogP contribution in [-0.2, 0) is 16.3 Å². The van der Waals surface area contributed by atoms with Crippen LogP contribution in [0.5, 0.6) is 0 Å². The van der Waals surface area contributed by atoms with Gasteiger partial charge in [-0.3, -0.25) is 0 Å². The number of rotatable bonds is 4. The molecule has 0 amide bonds. The van der Waals surface area contributed by atoms with E-state index in [1.165, 1.54) is 0 Å². The number of alkyl halides is 4. The highest BCUT2D eigenvalue weighted by molar-refractivity contribution is 7.90. The van der Waals surface area contributed by atoms with Gasteiger partial charge in [-0.15, -0.1) is 0 Å². The SMILES string of the molecule is CS(=O)(=O)c1ccc([C@@H](F)CC(F)F)c2c1[C@H](O)[C@H](F)C2. The molecular formula is C13H14F4O3S. The van der Waals surface area contributed by atoms with Crippen molar-refractivity contribution in [1.29, 1.82) is 0 Å². The molecule has 8 heteroatoms. The first-order valence-corrected chi connectivity index (χ1v) is 8.12. The summed E-state index contributed by atoms with van der Waals surface area (Å²) in [6.07, 6.45) is -8.95. The molecule has 1 aliphatic rings. The van der Waals surface area contributed by atoms with E-state index >= 15 is 0 Å². The van der Waals surface area contributed by atoms with Crippen LogP contribution in [-0.4, -0.2) is 32.4 Å². The second kappa shape index (κ2) is 5.57. The average molecular weight is 326 g/mol. The Hall–Kier alpha value is -1.15. The zero-order chi connectivity index (χ0) is 15.9. The Morgan fingerprint density at radius 2 is 1.95 bits per heavy atom. The molecule has 3 atom stereocenters. The Morgan fingerprint density at radius 1 is 1.33 bits per heavy atom. The zero-order valence-corrected chi connectivity index (χ0v) is 11.9. The van der Waals surface area contributed by atoms with Crippen LogP contribution in [0.25, 0.3) is 0 Å². The molecule has 2 rings (SSSR count). The topological polar surface area (TPSA) is 54.4 Å². The smallest absolute Gasteiger partial charge is 0.241 e. The number of halogens is 4. The minimum atomic E-state index is -3.75. The van der Waals surface area contributed by atoms with E-state index < -0.39 is 47.6 Å². The Kier molecular flexibility index (Phi) is 4.30. The van der Waals surface area contributed by atoms with E-state index in [1.807, 2.05) is 0 Å². The van der Waals surface area contributed by atoms with Crippen LogP contribution in [0.4, 0.5) is 17.6 Å². The summed E-state index contributed by atoms with van der Waals surface area (Å²) in [6.45, 7) is 0. The quantitative estimate of drug-likeness (QED) is 0.866. The summed E-state index contributed by atoms with van der Waals surface area (Å²) in [5.41, 5.74) is -0.414. The Labute approximate surface area is 119 Å². The maximum Gasteiger partial charge on any atom is 0.241 e. The molecule has 1 N–H and O–H groups in total. The van der Waals surface area contributed by atoms with Gasteiger partial charge in [-0.05, 0) is 17.2 Å². The lowest BCUT2D eigenvalue weighted by Crippen LogP contribution is -2.10. The van der Waals surface area contributed by atoms with Gasteiger partial charge in [0.1, 0.15) is 18.4 Å². The van der Waals surface area contributed by atoms with Gasteiger partial charge in [-0.1, -0.05) is 6.07 Å². The van der Waals surface area contributed by atoms with Crippen molar-refractivity contribution >= 4 is 9.84 Å². The number of aliphatic hydroxyl groups excluding tert-OH is 1. The fourth-order valence-electron chi connectivity index (χ4n) is 2.60. The number of hydrogen-bond donors (Lipinski definition) is 1. The van der Waals surface area contributed by atoms with Crippen LogP contribution < -0.4 is 0 Å². The minimum Gasteiger partial charge on any atom is -0.385 e. The highest BCUT2D eigenvalue weighted by atomic mass is 32.2. The monoisotopic (exact) mass is 326 g/mol. The highest BCUT2D eigenvalue weighted by Gasteiger charge is 2.38. The van der Waals surface area contributed by atoms with Crippen LogP contribution in [0.1, 0.15) is 35.4 Å². The molecule has 0 heterocycles. The molecular weight excluding hydrogens is 312 g/mol. The van der Waals surface area contributed by atoms with Gasteiger partial charge < -0.3 is 5.11 Å². The van der Waals surface area contributed by atoms with Crippen molar-refractivity contribution in [2.24, 2.45) is 0 Å². The third kappa shape index (κ3) is 3.06. The van der Waals surface area contributed by atoms with Crippen molar-refractivity contribution in [2.45, 2.75) is 42.6 Å². The van der Waals surface area contributed by atoms with Gasteiger partial charge in [-0.2, -0.15) is 0 Å². The summed E-state index contributed by atoms with van der Waals surface area (Å²) < 4.78 is 75.4. The van der Waals surface area contributed by atoms with Gasteiger partial charge in [0.25, 0.3) is 0 Å². The summed E-state index contributed by atoms with van der Waals surface area (Å²) in [5, 5.41) is 9.77. The van der Waals surface area contributed by atoms with Gasteiger partial charge in [0, 0.05) is 24.7 Å². The number of hydrogen-bond acceptors (Lipinski definition) is 3. The lowest BCUT2D eigenvalue weighted by Gasteiger charge is -2.16. The van der Waals surface area contributed by atoms with Crippen LogP contribution in [0.3, 0.4) is 0 Å². The van der Waals surface area contributed by atoms with Gasteiger partial charge in [0.05, 0.1) is 4.90 Å². The van der Waals surface area contributed by atoms with Gasteiger partial charge in [0.2, 0.25) is 6.43 Å². The lowest BCUT2D eigenvalue weighted by molar-refractivity contribution is 0.0906. The highest BCUT2D eigenvalue weighted by Crippen LogP contribution is 2.42. The fourth-order valence-corrected chi connectivity index (χ4v) is 3.56. The first-order valence-electron chi connectivity index (χ1n) is 6.23. The Bertz CT molecular complexity index is 645. The molecule has 0 spiro atoms. The molecule has 118 valence electrons. The molecule has 0 saturated heterocycles. The molecule has 3 nitrogen and oxygen atoms in total. The predicted molar refractivity (Wildman–Crippen MR) is 67.6 cm³/mol. The van der Waals surface area contributed by atoms with E-state index in [1.54, 1.807) is 0 Å². The molecule has 0 saturated carbocycles. The molecule has 1 aromatic rings. The summed E-state index contributed by atoms with van der Waals surface area (Å²) in [6, 6.07) is 2.11. The maximum absolute atomic E-state index is 13.9. The molecule has 1 aliphatic carbocycles. The van der Waals surface area contributed by atoms with E-state index in [9.17, 15) is 31.1 Å². The zero-order valence-electron chi connectivity index (χ0n) is 11.1. The summed E-state index contributed by atoms with van der Waals surface area (Å²) in [7, 11) is -3.75. The van der Waals surface area contributed by atoms with Gasteiger partial charge in [-0.25, -0.2) is 26.0 Å². The van der Waals surface area contributed by atoms with E-state index in [-0.39, 0.29) is 21.6 Å². The minimum absolute atomic E-state index is 0.0222. The molecule has 0 fully saturated rings. The van der Waals surface area contributed by atoms with Crippen molar-refractivity contribution in [3.05, 3.63) is 28.8 Å². The molecule has 0 bridgehead atoms. The Balaban J connectivity index is 2.59. The van der Waals surface area contributed by atoms with E-state index in [4.69, 9.17) is 0 Å². The van der Waals surface area contributed by atoms with Crippen molar-refractivity contribution < 1.29 is 31.1 Å². The number of benzene rings is 1. The molecule has 0 radical (unpaired) electrons. The molecule has 0 aromatic heterocycles. The predicted octanol–water partition coefficient (Wildman–Crippen LogP) is 2.68. The molecule has 1 aromatic carbocycles. The van der Waals surface area contributed by atoms with Crippen LogP contribution >= 0.6 is 0 Å². The third-order valence-electron chi connectivity index (χ3n) is 3.51. The Morgan fingerprint density at radius 3 is 2.48 bits per heavy atom. The van der Waals surface area contributed by atoms with Crippen molar-refractivity contribution in [3.63, 3.8) is 0 Å². The fraction of sp³-hybridized carbons (Fsp3) is 0.538. The first kappa shape index (κ1) is 16.2. The summed E-state index contributed by atoms with van der Waals surface area (Å²) in [4.78, 5) is -0.293. The number of fused-ring (bicyclic) bond motifs is 1.